The molecule has 4 rings (SSSR count). The molecule has 0 aliphatic heterocycles. The molecule has 1 unspecified atom stereocenters. The lowest BCUT2D eigenvalue weighted by molar-refractivity contribution is -0.138. The van der Waals surface area contributed by atoms with Gasteiger partial charge in [-0.3, -0.25) is 19.9 Å². The Kier molecular flexibility index (Phi) is 7.52. The Balaban J connectivity index is 1.47. The summed E-state index contributed by atoms with van der Waals surface area (Å²) in [5.74, 6) is -2.07. The number of fused-ring (bicyclic) bond motifs is 1. The van der Waals surface area contributed by atoms with Gasteiger partial charge in [0.15, 0.2) is 0 Å². The van der Waals surface area contributed by atoms with Gasteiger partial charge in [-0.25, -0.2) is 4.79 Å². The van der Waals surface area contributed by atoms with Crippen LogP contribution in [-0.4, -0.2) is 27.9 Å². The number of ether oxygens (including phenoxy) is 1. The molecule has 2 N–H and O–H groups in total. The Bertz CT molecular complexity index is 1470. The molecule has 4 aromatic rings. The normalized spacial score (nSPS) is 11.6. The van der Waals surface area contributed by atoms with Crippen LogP contribution in [0.2, 0.25) is 10.0 Å². The number of pyridine rings is 1. The molecule has 0 fully saturated rings. The van der Waals surface area contributed by atoms with Gasteiger partial charge in [0.2, 0.25) is 5.78 Å². The molecule has 1 aromatic heterocycles. The summed E-state index contributed by atoms with van der Waals surface area (Å²) in [6.45, 7) is 1.59. The van der Waals surface area contributed by atoms with Crippen LogP contribution in [-0.2, 0) is 16.1 Å². The van der Waals surface area contributed by atoms with Gasteiger partial charge in [0.05, 0.1) is 16.0 Å². The highest BCUT2D eigenvalue weighted by atomic mass is 35.5. The van der Waals surface area contributed by atoms with E-state index in [-0.39, 0.29) is 18.1 Å². The van der Waals surface area contributed by atoms with E-state index in [9.17, 15) is 19.5 Å². The predicted molar refractivity (Wildman–Crippen MR) is 138 cm³/mol. The number of carboxylic acid groups (broad SMARTS) is 1. The van der Waals surface area contributed by atoms with Crippen molar-refractivity contribution in [1.29, 1.82) is 0 Å². The molecule has 0 saturated heterocycles. The molecule has 0 saturated carbocycles. The number of hydrogen-bond donors (Lipinski definition) is 2. The van der Waals surface area contributed by atoms with E-state index in [4.69, 9.17) is 27.9 Å². The average molecular weight is 523 g/mol. The quantitative estimate of drug-likeness (QED) is 0.261. The average Bonchev–Trinajstić information content (AvgIpc) is 2.88. The number of aliphatic carboxylic acids is 1. The summed E-state index contributed by atoms with van der Waals surface area (Å²) < 4.78 is 5.20. The number of rotatable bonds is 7. The minimum Gasteiger partial charge on any atom is -0.481 e. The second-order valence-electron chi connectivity index (χ2n) is 8.02. The first-order valence-corrected chi connectivity index (χ1v) is 11.6. The van der Waals surface area contributed by atoms with Crippen LogP contribution in [0, 0.1) is 0 Å². The summed E-state index contributed by atoms with van der Waals surface area (Å²) in [5.41, 5.74) is 2.24. The monoisotopic (exact) mass is 522 g/mol. The highest BCUT2D eigenvalue weighted by molar-refractivity contribution is 6.42. The minimum absolute atomic E-state index is 0.00846. The largest absolute Gasteiger partial charge is 0.481 e. The smallest absolute Gasteiger partial charge is 0.411 e. The number of aromatic nitrogens is 1. The van der Waals surface area contributed by atoms with Crippen LogP contribution in [0.4, 0.5) is 10.5 Å². The second kappa shape index (κ2) is 10.8. The van der Waals surface area contributed by atoms with Crippen LogP contribution < -0.4 is 5.32 Å². The highest BCUT2D eigenvalue weighted by Crippen LogP contribution is 2.28. The van der Waals surface area contributed by atoms with Crippen LogP contribution in [0.1, 0.15) is 40.0 Å². The molecule has 0 bridgehead atoms. The van der Waals surface area contributed by atoms with Crippen molar-refractivity contribution in [2.75, 3.05) is 5.32 Å². The lowest BCUT2D eigenvalue weighted by atomic mass is 9.94. The van der Waals surface area contributed by atoms with Gasteiger partial charge in [-0.05, 0) is 59.8 Å². The SMILES string of the molecule is CC(C(=O)O)c1cnc(C(=O)c2ccc(NC(=O)OCc3ccc(Cl)c(Cl)c3)cc2)c2ccccc12. The molecule has 1 heterocycles. The number of benzene rings is 3. The standard InChI is InChI=1S/C27H20Cl2N2O5/c1-15(26(33)34)21-13-30-24(20-5-3-2-4-19(20)21)25(32)17-7-9-18(10-8-17)31-27(35)36-14-16-6-11-22(28)23(29)12-16/h2-13,15H,14H2,1H3,(H,31,35)(H,33,34). The topological polar surface area (TPSA) is 106 Å². The van der Waals surface area contributed by atoms with Crippen molar-refractivity contribution in [2.45, 2.75) is 19.4 Å². The summed E-state index contributed by atoms with van der Waals surface area (Å²) in [4.78, 5) is 41.1. The fourth-order valence-electron chi connectivity index (χ4n) is 3.65. The van der Waals surface area contributed by atoms with Gasteiger partial charge in [0.25, 0.3) is 0 Å². The molecule has 36 heavy (non-hydrogen) atoms. The lowest BCUT2D eigenvalue weighted by Gasteiger charge is -2.13. The maximum Gasteiger partial charge on any atom is 0.411 e. The van der Waals surface area contributed by atoms with Crippen molar-refractivity contribution in [3.05, 3.63) is 105 Å². The van der Waals surface area contributed by atoms with Crippen molar-refractivity contribution in [3.8, 4) is 0 Å². The van der Waals surface area contributed by atoms with Gasteiger partial charge in [-0.2, -0.15) is 0 Å². The third-order valence-electron chi connectivity index (χ3n) is 5.63. The van der Waals surface area contributed by atoms with E-state index in [1.54, 1.807) is 73.7 Å². The van der Waals surface area contributed by atoms with Gasteiger partial charge in [-0.15, -0.1) is 0 Å². The number of hydrogen-bond acceptors (Lipinski definition) is 5. The van der Waals surface area contributed by atoms with Gasteiger partial charge < -0.3 is 9.84 Å². The van der Waals surface area contributed by atoms with Crippen LogP contribution in [0.3, 0.4) is 0 Å². The number of nitrogens with one attached hydrogen (secondary N) is 1. The second-order valence-corrected chi connectivity index (χ2v) is 8.84. The van der Waals surface area contributed by atoms with Gasteiger partial charge in [-0.1, -0.05) is 53.5 Å². The lowest BCUT2D eigenvalue weighted by Crippen LogP contribution is -2.14. The molecular formula is C27H20Cl2N2O5. The zero-order valence-electron chi connectivity index (χ0n) is 19.0. The van der Waals surface area contributed by atoms with Crippen molar-refractivity contribution in [2.24, 2.45) is 0 Å². The predicted octanol–water partition coefficient (Wildman–Crippen LogP) is 6.71. The van der Waals surface area contributed by atoms with Gasteiger partial charge in [0, 0.05) is 22.8 Å². The molecule has 0 aliphatic rings. The number of amides is 1. The fourth-order valence-corrected chi connectivity index (χ4v) is 3.97. The van der Waals surface area contributed by atoms with Crippen LogP contribution in [0.25, 0.3) is 10.8 Å². The van der Waals surface area contributed by atoms with Crippen LogP contribution in [0.5, 0.6) is 0 Å². The number of anilines is 1. The number of carbonyl (C=O) groups excluding carboxylic acids is 2. The molecule has 0 spiro atoms. The van der Waals surface area contributed by atoms with E-state index < -0.39 is 18.0 Å². The molecular weight excluding hydrogens is 503 g/mol. The Morgan fingerprint density at radius 2 is 1.67 bits per heavy atom. The third-order valence-corrected chi connectivity index (χ3v) is 6.36. The van der Waals surface area contributed by atoms with E-state index in [1.807, 2.05) is 0 Å². The Hall–Kier alpha value is -3.94. The molecule has 7 nitrogen and oxygen atoms in total. The van der Waals surface area contributed by atoms with Gasteiger partial charge in [0.1, 0.15) is 12.3 Å². The van der Waals surface area contributed by atoms with E-state index in [1.165, 1.54) is 6.20 Å². The molecule has 9 heteroatoms. The molecule has 1 atom stereocenters. The number of nitrogens with zero attached hydrogens (tertiary/aromatic N) is 1. The minimum atomic E-state index is -0.973. The first-order valence-electron chi connectivity index (χ1n) is 10.9. The molecule has 0 radical (unpaired) electrons. The third kappa shape index (κ3) is 5.48. The zero-order valence-corrected chi connectivity index (χ0v) is 20.5. The molecule has 3 aromatic carbocycles. The molecule has 182 valence electrons. The van der Waals surface area contributed by atoms with E-state index in [0.717, 1.165) is 0 Å². The molecule has 1 amide bonds. The summed E-state index contributed by atoms with van der Waals surface area (Å²) in [5, 5.41) is 14.0. The molecule has 0 aliphatic carbocycles. The first kappa shape index (κ1) is 25.2. The van der Waals surface area contributed by atoms with Gasteiger partial charge >= 0.3 is 12.1 Å². The number of carbonyl (C=O) groups is 3. The van der Waals surface area contributed by atoms with Crippen molar-refractivity contribution in [1.82, 2.24) is 4.98 Å². The van der Waals surface area contributed by atoms with Crippen LogP contribution >= 0.6 is 23.2 Å². The van der Waals surface area contributed by atoms with Crippen LogP contribution in [0.15, 0.2) is 72.9 Å². The number of carboxylic acids is 1. The van der Waals surface area contributed by atoms with Crippen molar-refractivity contribution >= 4 is 57.5 Å². The van der Waals surface area contributed by atoms with Crippen molar-refractivity contribution < 1.29 is 24.2 Å². The zero-order chi connectivity index (χ0) is 25.8. The summed E-state index contributed by atoms with van der Waals surface area (Å²) >= 11 is 11.8. The van der Waals surface area contributed by atoms with E-state index >= 15 is 0 Å². The Labute approximate surface area is 216 Å². The fraction of sp³-hybridized carbons (Fsp3) is 0.111. The summed E-state index contributed by atoms with van der Waals surface area (Å²) in [7, 11) is 0. The van der Waals surface area contributed by atoms with Crippen molar-refractivity contribution in [3.63, 3.8) is 0 Å². The Morgan fingerprint density at radius 3 is 2.33 bits per heavy atom. The number of halogens is 2. The maximum atomic E-state index is 13.2. The first-order chi connectivity index (χ1) is 17.2. The number of ketones is 1. The summed E-state index contributed by atoms with van der Waals surface area (Å²) in [6, 6.07) is 18.3. The Morgan fingerprint density at radius 1 is 0.972 bits per heavy atom. The summed E-state index contributed by atoms with van der Waals surface area (Å²) in [6.07, 6.45) is 0.768. The maximum absolute atomic E-state index is 13.2. The highest BCUT2D eigenvalue weighted by Gasteiger charge is 2.21. The van der Waals surface area contributed by atoms with E-state index in [0.29, 0.717) is 43.2 Å². The van der Waals surface area contributed by atoms with E-state index in [2.05, 4.69) is 10.3 Å².